The van der Waals surface area contributed by atoms with Gasteiger partial charge in [-0.15, -0.1) is 0 Å². The molecule has 0 saturated carbocycles. The molecule has 0 saturated heterocycles. The SMILES string of the molecule is CCC(I)C(=O)OCC(C)OC(=O)C(F)(F)F. The van der Waals surface area contributed by atoms with Crippen molar-refractivity contribution in [2.24, 2.45) is 0 Å². The van der Waals surface area contributed by atoms with Crippen LogP contribution in [0.2, 0.25) is 0 Å². The third-order valence-corrected chi connectivity index (χ3v) is 3.00. The highest BCUT2D eigenvalue weighted by Gasteiger charge is 2.41. The molecule has 0 rings (SSSR count). The van der Waals surface area contributed by atoms with Gasteiger partial charge in [-0.1, -0.05) is 29.5 Å². The van der Waals surface area contributed by atoms with Gasteiger partial charge in [-0.3, -0.25) is 4.79 Å². The fraction of sp³-hybridized carbons (Fsp3) is 0.778. The predicted molar refractivity (Wildman–Crippen MR) is 60.7 cm³/mol. The molecule has 0 aromatic carbocycles. The fourth-order valence-corrected chi connectivity index (χ4v) is 0.920. The van der Waals surface area contributed by atoms with Gasteiger partial charge in [0.25, 0.3) is 0 Å². The quantitative estimate of drug-likeness (QED) is 0.424. The van der Waals surface area contributed by atoms with E-state index in [0.29, 0.717) is 6.42 Å². The summed E-state index contributed by atoms with van der Waals surface area (Å²) in [5.74, 6) is -2.83. The third kappa shape index (κ3) is 6.69. The molecule has 17 heavy (non-hydrogen) atoms. The molecule has 0 aromatic rings. The van der Waals surface area contributed by atoms with Crippen molar-refractivity contribution >= 4 is 34.5 Å². The van der Waals surface area contributed by atoms with Crippen LogP contribution in [0.4, 0.5) is 13.2 Å². The van der Waals surface area contributed by atoms with Crippen LogP contribution in [0.5, 0.6) is 0 Å². The van der Waals surface area contributed by atoms with Gasteiger partial charge in [-0.25, -0.2) is 4.79 Å². The number of carbonyl (C=O) groups excluding carboxylic acids is 2. The molecule has 100 valence electrons. The van der Waals surface area contributed by atoms with Crippen LogP contribution in [0.15, 0.2) is 0 Å². The second-order valence-corrected chi connectivity index (χ2v) is 4.72. The molecule has 0 radical (unpaired) electrons. The average Bonchev–Trinajstić information content (AvgIpc) is 2.23. The van der Waals surface area contributed by atoms with E-state index in [2.05, 4.69) is 9.47 Å². The molecule has 0 aliphatic rings. The van der Waals surface area contributed by atoms with Crippen molar-refractivity contribution in [3.8, 4) is 0 Å². The van der Waals surface area contributed by atoms with E-state index in [1.54, 1.807) is 6.92 Å². The van der Waals surface area contributed by atoms with Gasteiger partial charge in [-0.05, 0) is 13.3 Å². The third-order valence-electron chi connectivity index (χ3n) is 1.61. The molecular weight excluding hydrogens is 356 g/mol. The lowest BCUT2D eigenvalue weighted by atomic mass is 10.3. The van der Waals surface area contributed by atoms with Crippen molar-refractivity contribution in [3.63, 3.8) is 0 Å². The van der Waals surface area contributed by atoms with Gasteiger partial charge in [0.15, 0.2) is 0 Å². The largest absolute Gasteiger partial charge is 0.490 e. The van der Waals surface area contributed by atoms with E-state index in [0.717, 1.165) is 0 Å². The first-order chi connectivity index (χ1) is 7.68. The number of ether oxygens (including phenoxy) is 2. The summed E-state index contributed by atoms with van der Waals surface area (Å²) < 4.78 is 43.8. The van der Waals surface area contributed by atoms with E-state index in [1.165, 1.54) is 6.92 Å². The Morgan fingerprint density at radius 2 is 1.88 bits per heavy atom. The summed E-state index contributed by atoms with van der Waals surface area (Å²) in [6.07, 6.45) is -5.61. The van der Waals surface area contributed by atoms with Gasteiger partial charge < -0.3 is 9.47 Å². The number of hydrogen-bond donors (Lipinski definition) is 0. The van der Waals surface area contributed by atoms with Crippen LogP contribution in [0, 0.1) is 0 Å². The topological polar surface area (TPSA) is 52.6 Å². The van der Waals surface area contributed by atoms with Gasteiger partial charge in [0, 0.05) is 0 Å². The van der Waals surface area contributed by atoms with E-state index in [9.17, 15) is 22.8 Å². The van der Waals surface area contributed by atoms with Crippen molar-refractivity contribution in [3.05, 3.63) is 0 Å². The first-order valence-electron chi connectivity index (χ1n) is 4.77. The monoisotopic (exact) mass is 368 g/mol. The summed E-state index contributed by atoms with van der Waals surface area (Å²) in [6, 6.07) is 0. The maximum atomic E-state index is 11.8. The highest BCUT2D eigenvalue weighted by molar-refractivity contribution is 14.1. The molecule has 0 fully saturated rings. The van der Waals surface area contributed by atoms with Crippen molar-refractivity contribution in [1.82, 2.24) is 0 Å². The zero-order chi connectivity index (χ0) is 13.6. The van der Waals surface area contributed by atoms with Crippen LogP contribution < -0.4 is 0 Å². The zero-order valence-electron chi connectivity index (χ0n) is 9.21. The Kier molecular flexibility index (Phi) is 6.80. The van der Waals surface area contributed by atoms with Gasteiger partial charge in [-0.2, -0.15) is 13.2 Å². The van der Waals surface area contributed by atoms with Crippen LogP contribution in [0.25, 0.3) is 0 Å². The Bertz CT molecular complexity index is 280. The van der Waals surface area contributed by atoms with Gasteiger partial charge in [0.05, 0.1) is 0 Å². The molecule has 2 unspecified atom stereocenters. The molecule has 0 heterocycles. The molecule has 4 nitrogen and oxygen atoms in total. The normalized spacial score (nSPS) is 14.9. The molecule has 0 amide bonds. The van der Waals surface area contributed by atoms with E-state index in [1.807, 2.05) is 22.6 Å². The van der Waals surface area contributed by atoms with Crippen molar-refractivity contribution < 1.29 is 32.2 Å². The Balaban J connectivity index is 4.00. The Labute approximate surface area is 110 Å². The number of rotatable bonds is 5. The molecule has 8 heteroatoms. The maximum Gasteiger partial charge on any atom is 0.490 e. The molecule has 0 aliphatic heterocycles. The summed E-state index contributed by atoms with van der Waals surface area (Å²) in [4.78, 5) is 21.6. The van der Waals surface area contributed by atoms with Crippen molar-refractivity contribution in [1.29, 1.82) is 0 Å². The minimum atomic E-state index is -5.03. The molecule has 0 aliphatic carbocycles. The van der Waals surface area contributed by atoms with Crippen LogP contribution in [0.3, 0.4) is 0 Å². The number of carbonyl (C=O) groups is 2. The second-order valence-electron chi connectivity index (χ2n) is 3.22. The van der Waals surface area contributed by atoms with E-state index >= 15 is 0 Å². The van der Waals surface area contributed by atoms with Crippen LogP contribution in [-0.2, 0) is 19.1 Å². The summed E-state index contributed by atoms with van der Waals surface area (Å²) in [5.41, 5.74) is 0. The second kappa shape index (κ2) is 7.02. The standard InChI is InChI=1S/C9H12F3IO4/c1-3-6(13)7(14)16-4-5(2)17-8(15)9(10,11)12/h5-6H,3-4H2,1-2H3. The number of esters is 2. The lowest BCUT2D eigenvalue weighted by molar-refractivity contribution is -0.206. The van der Waals surface area contributed by atoms with Gasteiger partial charge in [0.2, 0.25) is 0 Å². The lowest BCUT2D eigenvalue weighted by Gasteiger charge is -2.15. The molecular formula is C9H12F3IO4. The smallest absolute Gasteiger partial charge is 0.461 e. The Hall–Kier alpha value is -0.540. The Morgan fingerprint density at radius 3 is 2.29 bits per heavy atom. The molecule has 0 N–H and O–H groups in total. The predicted octanol–water partition coefficient (Wildman–Crippen LogP) is 2.24. The minimum absolute atomic E-state index is 0.363. The van der Waals surface area contributed by atoms with Crippen molar-refractivity contribution in [2.75, 3.05) is 6.61 Å². The zero-order valence-corrected chi connectivity index (χ0v) is 11.4. The van der Waals surface area contributed by atoms with Crippen LogP contribution >= 0.6 is 22.6 Å². The molecule has 0 bridgehead atoms. The Morgan fingerprint density at radius 1 is 1.35 bits per heavy atom. The summed E-state index contributed by atoms with van der Waals surface area (Å²) >= 11 is 1.85. The average molecular weight is 368 g/mol. The van der Waals surface area contributed by atoms with E-state index < -0.39 is 24.2 Å². The first-order valence-corrected chi connectivity index (χ1v) is 6.01. The van der Waals surface area contributed by atoms with Gasteiger partial charge in [0.1, 0.15) is 16.6 Å². The molecule has 2 atom stereocenters. The van der Waals surface area contributed by atoms with Crippen LogP contribution in [0.1, 0.15) is 20.3 Å². The van der Waals surface area contributed by atoms with E-state index in [-0.39, 0.29) is 10.5 Å². The maximum absolute atomic E-state index is 11.8. The van der Waals surface area contributed by atoms with E-state index in [4.69, 9.17) is 0 Å². The minimum Gasteiger partial charge on any atom is -0.461 e. The summed E-state index contributed by atoms with van der Waals surface area (Å²) in [6.45, 7) is 2.59. The fourth-order valence-electron chi connectivity index (χ4n) is 0.740. The first kappa shape index (κ1) is 16.5. The highest BCUT2D eigenvalue weighted by atomic mass is 127. The van der Waals surface area contributed by atoms with Crippen molar-refractivity contribution in [2.45, 2.75) is 36.5 Å². The number of halogens is 4. The lowest BCUT2D eigenvalue weighted by Crippen LogP contribution is -2.32. The number of alkyl halides is 4. The summed E-state index contributed by atoms with van der Waals surface area (Å²) in [5, 5.41) is 0. The van der Waals surface area contributed by atoms with Gasteiger partial charge >= 0.3 is 18.1 Å². The summed E-state index contributed by atoms with van der Waals surface area (Å²) in [7, 11) is 0. The van der Waals surface area contributed by atoms with Crippen LogP contribution in [-0.4, -0.2) is 34.8 Å². The molecule has 0 aromatic heterocycles. The highest BCUT2D eigenvalue weighted by Crippen LogP contribution is 2.17. The number of hydrogen-bond acceptors (Lipinski definition) is 4. The molecule has 0 spiro atoms.